The van der Waals surface area contributed by atoms with Crippen molar-refractivity contribution >= 4 is 15.7 Å². The van der Waals surface area contributed by atoms with Gasteiger partial charge in [-0.1, -0.05) is 24.3 Å². The van der Waals surface area contributed by atoms with E-state index in [1.807, 2.05) is 0 Å². The van der Waals surface area contributed by atoms with Crippen molar-refractivity contribution in [3.63, 3.8) is 0 Å². The minimum absolute atomic E-state index is 0.0342. The number of rotatable bonds is 6. The molecule has 1 heterocycles. The summed E-state index contributed by atoms with van der Waals surface area (Å²) in [5, 5.41) is 13.6. The Hall–Kier alpha value is -3.93. The molecule has 0 fully saturated rings. The Kier molecular flexibility index (Phi) is 5.77. The lowest BCUT2D eigenvalue weighted by atomic mass is 10.0. The second-order valence-corrected chi connectivity index (χ2v) is 8.53. The Morgan fingerprint density at radius 2 is 1.58 bits per heavy atom. The number of halogens is 3. The predicted octanol–water partition coefficient (Wildman–Crippen LogP) is 4.36. The van der Waals surface area contributed by atoms with Crippen LogP contribution < -0.4 is 9.46 Å². The minimum Gasteiger partial charge on any atom is -0.497 e. The van der Waals surface area contributed by atoms with Crippen molar-refractivity contribution in [2.24, 2.45) is 0 Å². The van der Waals surface area contributed by atoms with Crippen LogP contribution in [0.4, 0.5) is 18.9 Å². The molecule has 4 aromatic rings. The molecule has 0 saturated heterocycles. The van der Waals surface area contributed by atoms with E-state index >= 15 is 0 Å². The summed E-state index contributed by atoms with van der Waals surface area (Å²) in [7, 11) is -2.53. The molecule has 170 valence electrons. The number of sulfonamides is 1. The van der Waals surface area contributed by atoms with Gasteiger partial charge in [0.25, 0.3) is 10.0 Å². The number of tetrazole rings is 1. The largest absolute Gasteiger partial charge is 0.497 e. The average Bonchev–Trinajstić information content (AvgIpc) is 3.33. The lowest BCUT2D eigenvalue weighted by molar-refractivity contribution is -0.137. The van der Waals surface area contributed by atoms with Crippen molar-refractivity contribution in [1.82, 2.24) is 20.6 Å². The van der Waals surface area contributed by atoms with Crippen molar-refractivity contribution in [2.75, 3.05) is 11.8 Å². The first-order valence-electron chi connectivity index (χ1n) is 9.40. The molecule has 0 spiro atoms. The quantitative estimate of drug-likeness (QED) is 0.429. The highest BCUT2D eigenvalue weighted by molar-refractivity contribution is 7.92. The van der Waals surface area contributed by atoms with Crippen LogP contribution in [0.5, 0.6) is 5.75 Å². The number of alkyl halides is 3. The summed E-state index contributed by atoms with van der Waals surface area (Å²) in [4.78, 5) is -0.0342. The maximum Gasteiger partial charge on any atom is 0.416 e. The zero-order valence-electron chi connectivity index (χ0n) is 17.0. The van der Waals surface area contributed by atoms with Gasteiger partial charge in [0, 0.05) is 0 Å². The summed E-state index contributed by atoms with van der Waals surface area (Å²) in [6.07, 6.45) is -4.43. The maximum absolute atomic E-state index is 12.9. The summed E-state index contributed by atoms with van der Waals surface area (Å²) in [6, 6.07) is 15.0. The third-order valence-corrected chi connectivity index (χ3v) is 6.15. The van der Waals surface area contributed by atoms with E-state index in [0.29, 0.717) is 22.4 Å². The first-order valence-corrected chi connectivity index (χ1v) is 10.9. The number of aromatic amines is 1. The van der Waals surface area contributed by atoms with Gasteiger partial charge < -0.3 is 4.74 Å². The van der Waals surface area contributed by atoms with Crippen LogP contribution >= 0.6 is 0 Å². The van der Waals surface area contributed by atoms with E-state index in [9.17, 15) is 21.6 Å². The molecule has 1 aromatic heterocycles. The van der Waals surface area contributed by atoms with Crippen LogP contribution in [0.15, 0.2) is 71.6 Å². The molecule has 33 heavy (non-hydrogen) atoms. The van der Waals surface area contributed by atoms with Crippen molar-refractivity contribution in [3.05, 3.63) is 72.3 Å². The molecule has 0 bridgehead atoms. The van der Waals surface area contributed by atoms with Crippen LogP contribution in [0, 0.1) is 0 Å². The van der Waals surface area contributed by atoms with E-state index < -0.39 is 21.8 Å². The molecule has 0 radical (unpaired) electrons. The average molecular weight is 475 g/mol. The van der Waals surface area contributed by atoms with Gasteiger partial charge in [0.05, 0.1) is 28.8 Å². The van der Waals surface area contributed by atoms with Crippen LogP contribution in [0.1, 0.15) is 5.56 Å². The minimum atomic E-state index is -4.43. The Morgan fingerprint density at radius 1 is 0.939 bits per heavy atom. The Morgan fingerprint density at radius 3 is 2.12 bits per heavy atom. The smallest absolute Gasteiger partial charge is 0.416 e. The Bertz CT molecular complexity index is 1360. The van der Waals surface area contributed by atoms with E-state index in [0.717, 1.165) is 12.1 Å². The van der Waals surface area contributed by atoms with Gasteiger partial charge in [-0.3, -0.25) is 4.72 Å². The van der Waals surface area contributed by atoms with Crippen molar-refractivity contribution in [2.45, 2.75) is 11.1 Å². The topological polar surface area (TPSA) is 110 Å². The number of hydrogen-bond donors (Lipinski definition) is 2. The van der Waals surface area contributed by atoms with Crippen molar-refractivity contribution in [3.8, 4) is 28.3 Å². The zero-order chi connectivity index (χ0) is 23.6. The number of hydrogen-bond acceptors (Lipinski definition) is 6. The normalized spacial score (nSPS) is 11.9. The van der Waals surface area contributed by atoms with Crippen LogP contribution in [-0.4, -0.2) is 36.2 Å². The Labute approximate surface area is 186 Å². The number of benzene rings is 3. The third-order valence-electron chi connectivity index (χ3n) is 4.77. The highest BCUT2D eigenvalue weighted by Crippen LogP contribution is 2.33. The number of nitrogens with one attached hydrogen (secondary N) is 2. The maximum atomic E-state index is 12.9. The standard InChI is InChI=1S/C21H16F3N5O3S/c1-32-16-8-11-19(18(12-16)20-25-28-29-26-20)27-33(30,31)17-9-4-14(5-10-17)13-2-6-15(7-3-13)21(22,23)24/h2-12,27H,1H3,(H,25,26,28,29). The highest BCUT2D eigenvalue weighted by Gasteiger charge is 2.30. The molecule has 12 heteroatoms. The molecule has 0 saturated carbocycles. The van der Waals surface area contributed by atoms with E-state index in [4.69, 9.17) is 4.74 Å². The predicted molar refractivity (Wildman–Crippen MR) is 114 cm³/mol. The second kappa shape index (κ2) is 8.54. The van der Waals surface area contributed by atoms with Gasteiger partial charge in [-0.25, -0.2) is 8.42 Å². The molecule has 0 amide bonds. The van der Waals surface area contributed by atoms with Gasteiger partial charge in [0.15, 0.2) is 0 Å². The lowest BCUT2D eigenvalue weighted by Gasteiger charge is -2.13. The molecule has 3 aromatic carbocycles. The van der Waals surface area contributed by atoms with Crippen LogP contribution in [0.2, 0.25) is 0 Å². The lowest BCUT2D eigenvalue weighted by Crippen LogP contribution is -2.13. The molecule has 0 atom stereocenters. The number of nitrogens with zero attached hydrogens (tertiary/aromatic N) is 3. The van der Waals surface area contributed by atoms with Crippen molar-refractivity contribution < 1.29 is 26.3 Å². The number of methoxy groups -OCH3 is 1. The second-order valence-electron chi connectivity index (χ2n) is 6.85. The summed E-state index contributed by atoms with van der Waals surface area (Å²) in [5.41, 5.74) is 0.901. The zero-order valence-corrected chi connectivity index (χ0v) is 17.8. The van der Waals surface area contributed by atoms with Crippen LogP contribution in [-0.2, 0) is 16.2 Å². The monoisotopic (exact) mass is 475 g/mol. The van der Waals surface area contributed by atoms with Gasteiger partial charge in [0.2, 0.25) is 5.82 Å². The molecule has 4 rings (SSSR count). The van der Waals surface area contributed by atoms with Gasteiger partial charge in [-0.15, -0.1) is 10.2 Å². The molecule has 0 aliphatic carbocycles. The van der Waals surface area contributed by atoms with Gasteiger partial charge >= 0.3 is 6.18 Å². The number of anilines is 1. The van der Waals surface area contributed by atoms with Gasteiger partial charge in [-0.2, -0.15) is 18.4 Å². The SMILES string of the molecule is COc1ccc(NS(=O)(=O)c2ccc(-c3ccc(C(F)(F)F)cc3)cc2)c(-c2nn[nH]n2)c1. The first-order chi connectivity index (χ1) is 15.7. The summed E-state index contributed by atoms with van der Waals surface area (Å²) in [5.74, 6) is 0.642. The van der Waals surface area contributed by atoms with Gasteiger partial charge in [0.1, 0.15) is 5.75 Å². The third kappa shape index (κ3) is 4.80. The fourth-order valence-corrected chi connectivity index (χ4v) is 4.16. The van der Waals surface area contributed by atoms with E-state index in [1.165, 1.54) is 49.6 Å². The molecule has 0 unspecified atom stereocenters. The van der Waals surface area contributed by atoms with E-state index in [2.05, 4.69) is 25.3 Å². The van der Waals surface area contributed by atoms with Crippen molar-refractivity contribution in [1.29, 1.82) is 0 Å². The number of ether oxygens (including phenoxy) is 1. The first kappa shape index (κ1) is 22.3. The summed E-state index contributed by atoms with van der Waals surface area (Å²) in [6.45, 7) is 0. The number of aromatic nitrogens is 4. The molecular formula is C21H16F3N5O3S. The molecule has 8 nitrogen and oxygen atoms in total. The summed E-state index contributed by atoms with van der Waals surface area (Å²) >= 11 is 0. The molecule has 0 aliphatic heterocycles. The van der Waals surface area contributed by atoms with Crippen LogP contribution in [0.25, 0.3) is 22.5 Å². The van der Waals surface area contributed by atoms with E-state index in [-0.39, 0.29) is 16.4 Å². The Balaban J connectivity index is 1.60. The van der Waals surface area contributed by atoms with E-state index in [1.54, 1.807) is 12.1 Å². The van der Waals surface area contributed by atoms with Gasteiger partial charge in [-0.05, 0) is 58.8 Å². The molecule has 2 N–H and O–H groups in total. The fraction of sp³-hybridized carbons (Fsp3) is 0.0952. The van der Waals surface area contributed by atoms with Crippen LogP contribution in [0.3, 0.4) is 0 Å². The fourth-order valence-electron chi connectivity index (χ4n) is 3.08. The molecular weight excluding hydrogens is 459 g/mol. The summed E-state index contributed by atoms with van der Waals surface area (Å²) < 4.78 is 71.8. The molecule has 0 aliphatic rings. The highest BCUT2D eigenvalue weighted by atomic mass is 32.2. The number of H-pyrrole nitrogens is 1.